The molecule has 2 aromatic carbocycles. The second-order valence-electron chi connectivity index (χ2n) is 8.57. The Morgan fingerprint density at radius 1 is 1.09 bits per heavy atom. The van der Waals surface area contributed by atoms with E-state index >= 15 is 0 Å². The van der Waals surface area contributed by atoms with Gasteiger partial charge < -0.3 is 20.3 Å². The zero-order chi connectivity index (χ0) is 23.1. The van der Waals surface area contributed by atoms with Crippen molar-refractivity contribution in [1.82, 2.24) is 4.90 Å². The molecule has 35 heavy (non-hydrogen) atoms. The molecule has 1 aliphatic rings. The predicted octanol–water partition coefficient (Wildman–Crippen LogP) is 6.00. The number of ether oxygens (including phenoxy) is 1. The van der Waals surface area contributed by atoms with Gasteiger partial charge in [-0.1, -0.05) is 30.4 Å². The number of piperidine rings is 1. The third-order valence-corrected chi connectivity index (χ3v) is 5.82. The summed E-state index contributed by atoms with van der Waals surface area (Å²) in [4.78, 5) is 4.44. The number of nitrogens with one attached hydrogen (secondary N) is 2. The molecule has 2 aromatic rings. The first-order valence-corrected chi connectivity index (χ1v) is 11.3. The van der Waals surface area contributed by atoms with Crippen molar-refractivity contribution in [3.05, 3.63) is 65.7 Å². The van der Waals surface area contributed by atoms with Gasteiger partial charge in [-0.15, -0.1) is 37.2 Å². The molecule has 9 heteroatoms. The van der Waals surface area contributed by atoms with Gasteiger partial charge in [0.15, 0.2) is 0 Å². The molecule has 0 atom stereocenters. The van der Waals surface area contributed by atoms with Crippen molar-refractivity contribution in [1.29, 1.82) is 10.8 Å². The van der Waals surface area contributed by atoms with Crippen LogP contribution in [0.4, 0.5) is 5.69 Å². The molecule has 0 bridgehead atoms. The third-order valence-electron chi connectivity index (χ3n) is 5.82. The van der Waals surface area contributed by atoms with Crippen molar-refractivity contribution >= 4 is 60.7 Å². The minimum atomic E-state index is 0. The molecule has 0 saturated carbocycles. The highest BCUT2D eigenvalue weighted by atomic mass is 35.5. The first-order valence-electron chi connectivity index (χ1n) is 11.3. The molecule has 0 spiro atoms. The summed E-state index contributed by atoms with van der Waals surface area (Å²) in [6.45, 7) is 8.78. The zero-order valence-corrected chi connectivity index (χ0v) is 23.0. The Hall–Kier alpha value is -2.41. The van der Waals surface area contributed by atoms with Crippen molar-refractivity contribution in [2.45, 2.75) is 45.8 Å². The van der Waals surface area contributed by atoms with Crippen LogP contribution in [-0.4, -0.2) is 48.4 Å². The third kappa shape index (κ3) is 9.63. The van der Waals surface area contributed by atoms with Crippen molar-refractivity contribution < 1.29 is 4.74 Å². The summed E-state index contributed by atoms with van der Waals surface area (Å²) in [5.41, 5.74) is 8.53. The number of benzene rings is 2. The molecular formula is C26H38Cl3N5O. The van der Waals surface area contributed by atoms with Crippen LogP contribution in [0.15, 0.2) is 54.6 Å². The lowest BCUT2D eigenvalue weighted by molar-refractivity contribution is 0.130. The Morgan fingerprint density at radius 2 is 1.71 bits per heavy atom. The molecule has 1 heterocycles. The number of hydrogen-bond acceptors (Lipinski definition) is 4. The van der Waals surface area contributed by atoms with Crippen LogP contribution in [0, 0.1) is 10.8 Å². The van der Waals surface area contributed by atoms with E-state index in [-0.39, 0.29) is 49.2 Å². The smallest absolute Gasteiger partial charge is 0.122 e. The standard InChI is InChI=1S/C26H35N5O.3ClH/c1-19(2)31(15-5-7-21-6-4-8-22(18-21)26(28)29)23-9-11-24(12-10-23)32-25-13-16-30(17-14-25)20(3)27;;;/h4-12,18-19,25,27H,13-17H2,1-3H3,(H3,28,29);3*1H/b7-5+,27-20?;;;. The lowest BCUT2D eigenvalue weighted by Crippen LogP contribution is -2.40. The maximum Gasteiger partial charge on any atom is 0.122 e. The van der Waals surface area contributed by atoms with Crippen LogP contribution in [0.2, 0.25) is 0 Å². The maximum absolute atomic E-state index is 7.76. The van der Waals surface area contributed by atoms with Crippen molar-refractivity contribution in [2.75, 3.05) is 24.5 Å². The Bertz CT molecular complexity index is 958. The van der Waals surface area contributed by atoms with E-state index in [1.807, 2.05) is 31.2 Å². The molecule has 6 nitrogen and oxygen atoms in total. The largest absolute Gasteiger partial charge is 0.490 e. The van der Waals surface area contributed by atoms with Gasteiger partial charge in [-0.25, -0.2) is 0 Å². The van der Waals surface area contributed by atoms with Gasteiger partial charge in [0.1, 0.15) is 17.7 Å². The Labute approximate surface area is 228 Å². The fourth-order valence-electron chi connectivity index (χ4n) is 3.94. The second kappa shape index (κ2) is 15.6. The van der Waals surface area contributed by atoms with Crippen molar-refractivity contribution in [2.24, 2.45) is 5.73 Å². The summed E-state index contributed by atoms with van der Waals surface area (Å²) >= 11 is 0. The number of nitrogens with zero attached hydrogens (tertiary/aromatic N) is 2. The van der Waals surface area contributed by atoms with E-state index in [0.717, 1.165) is 55.0 Å². The van der Waals surface area contributed by atoms with Gasteiger partial charge in [-0.3, -0.25) is 10.8 Å². The maximum atomic E-state index is 7.76. The average molecular weight is 543 g/mol. The van der Waals surface area contributed by atoms with Gasteiger partial charge in [-0.05, 0) is 56.7 Å². The summed E-state index contributed by atoms with van der Waals surface area (Å²) in [6, 6.07) is 16.4. The highest BCUT2D eigenvalue weighted by Crippen LogP contribution is 2.24. The number of nitrogen functional groups attached to an aromatic ring is 1. The van der Waals surface area contributed by atoms with Crippen molar-refractivity contribution in [3.63, 3.8) is 0 Å². The summed E-state index contributed by atoms with van der Waals surface area (Å²) in [5, 5.41) is 15.4. The fourth-order valence-corrected chi connectivity index (χ4v) is 3.94. The minimum absolute atomic E-state index is 0. The van der Waals surface area contributed by atoms with Gasteiger partial charge in [0.05, 0.1) is 5.84 Å². The number of rotatable bonds is 8. The summed E-state index contributed by atoms with van der Waals surface area (Å²) < 4.78 is 6.19. The monoisotopic (exact) mass is 541 g/mol. The topological polar surface area (TPSA) is 89.4 Å². The molecule has 3 rings (SSSR count). The molecule has 0 aliphatic carbocycles. The van der Waals surface area contributed by atoms with E-state index in [1.165, 1.54) is 0 Å². The number of halogens is 3. The van der Waals surface area contributed by atoms with Gasteiger partial charge in [0, 0.05) is 49.8 Å². The fraction of sp³-hybridized carbons (Fsp3) is 0.385. The van der Waals surface area contributed by atoms with E-state index in [4.69, 9.17) is 21.3 Å². The molecule has 4 N–H and O–H groups in total. The van der Waals surface area contributed by atoms with Gasteiger partial charge >= 0.3 is 0 Å². The highest BCUT2D eigenvalue weighted by molar-refractivity contribution is 5.95. The average Bonchev–Trinajstić information content (AvgIpc) is 2.78. The molecule has 1 aliphatic heterocycles. The van der Waals surface area contributed by atoms with Crippen LogP contribution in [0.3, 0.4) is 0 Å². The van der Waals surface area contributed by atoms with Crippen LogP contribution in [0.5, 0.6) is 5.75 Å². The van der Waals surface area contributed by atoms with Crippen LogP contribution < -0.4 is 15.4 Å². The predicted molar refractivity (Wildman–Crippen MR) is 156 cm³/mol. The molecule has 1 saturated heterocycles. The molecule has 0 amide bonds. The van der Waals surface area contributed by atoms with E-state index in [2.05, 4.69) is 60.1 Å². The molecular weight excluding hydrogens is 505 g/mol. The SMILES string of the molecule is CC(=N)N1CCC(Oc2ccc(N(C/C=C/c3cccc(C(=N)N)c3)C(C)C)cc2)CC1.Cl.Cl.Cl. The lowest BCUT2D eigenvalue weighted by atomic mass is 10.1. The number of likely N-dealkylation sites (tertiary alicyclic amines) is 1. The molecule has 0 unspecified atom stereocenters. The number of hydrogen-bond donors (Lipinski definition) is 3. The first-order chi connectivity index (χ1) is 15.3. The van der Waals surface area contributed by atoms with Crippen LogP contribution in [-0.2, 0) is 0 Å². The Morgan fingerprint density at radius 3 is 2.26 bits per heavy atom. The van der Waals surface area contributed by atoms with Crippen LogP contribution in [0.1, 0.15) is 44.7 Å². The van der Waals surface area contributed by atoms with E-state index in [9.17, 15) is 0 Å². The van der Waals surface area contributed by atoms with E-state index in [0.29, 0.717) is 11.9 Å². The zero-order valence-electron chi connectivity index (χ0n) is 20.6. The molecule has 0 radical (unpaired) electrons. The van der Waals surface area contributed by atoms with Gasteiger partial charge in [0.25, 0.3) is 0 Å². The second-order valence-corrected chi connectivity index (χ2v) is 8.57. The molecule has 194 valence electrons. The first kappa shape index (κ1) is 32.6. The molecule has 1 fully saturated rings. The summed E-state index contributed by atoms with van der Waals surface area (Å²) in [5.74, 6) is 1.63. The highest BCUT2D eigenvalue weighted by Gasteiger charge is 2.20. The van der Waals surface area contributed by atoms with E-state index < -0.39 is 0 Å². The van der Waals surface area contributed by atoms with Crippen LogP contribution >= 0.6 is 37.2 Å². The summed E-state index contributed by atoms with van der Waals surface area (Å²) in [7, 11) is 0. The summed E-state index contributed by atoms with van der Waals surface area (Å²) in [6.07, 6.45) is 6.33. The number of nitrogens with two attached hydrogens (primary N) is 1. The Kier molecular flexibility index (Phi) is 14.5. The van der Waals surface area contributed by atoms with Gasteiger partial charge in [0.2, 0.25) is 0 Å². The quantitative estimate of drug-likeness (QED) is 0.282. The van der Waals surface area contributed by atoms with E-state index in [1.54, 1.807) is 0 Å². The minimum Gasteiger partial charge on any atom is -0.490 e. The number of amidine groups is 2. The van der Waals surface area contributed by atoms with Crippen molar-refractivity contribution in [3.8, 4) is 5.75 Å². The number of anilines is 1. The lowest BCUT2D eigenvalue weighted by Gasteiger charge is -2.33. The molecule has 0 aromatic heterocycles. The normalized spacial score (nSPS) is 13.4. The Balaban J connectivity index is 0.00000385. The van der Waals surface area contributed by atoms with Crippen LogP contribution in [0.25, 0.3) is 6.08 Å². The van der Waals surface area contributed by atoms with Gasteiger partial charge in [-0.2, -0.15) is 0 Å².